The number of halogens is 4. The lowest BCUT2D eigenvalue weighted by Gasteiger charge is -2.42. The Labute approximate surface area is 290 Å². The highest BCUT2D eigenvalue weighted by atomic mass is 35.5. The van der Waals surface area contributed by atoms with Crippen LogP contribution in [0.5, 0.6) is 0 Å². The number of rotatable bonds is 7. The maximum absolute atomic E-state index is 13.8. The Bertz CT molecular complexity index is 1940. The van der Waals surface area contributed by atoms with Crippen molar-refractivity contribution in [3.63, 3.8) is 0 Å². The van der Waals surface area contributed by atoms with Gasteiger partial charge in [-0.2, -0.15) is 13.2 Å². The maximum atomic E-state index is 13.8. The average molecular weight is 716 g/mol. The number of ether oxygens (including phenoxy) is 1. The van der Waals surface area contributed by atoms with Crippen molar-refractivity contribution in [3.05, 3.63) is 93.6 Å². The average Bonchev–Trinajstić information content (AvgIpc) is 3.41. The first kappa shape index (κ1) is 35.4. The first-order chi connectivity index (χ1) is 23.6. The van der Waals surface area contributed by atoms with E-state index in [0.29, 0.717) is 5.69 Å². The van der Waals surface area contributed by atoms with Crippen LogP contribution in [0.2, 0.25) is 5.15 Å². The molecule has 2 atom stereocenters. The second kappa shape index (κ2) is 13.4. The van der Waals surface area contributed by atoms with E-state index in [0.717, 1.165) is 5.56 Å². The van der Waals surface area contributed by atoms with Gasteiger partial charge in [0.15, 0.2) is 5.65 Å². The first-order valence-corrected chi connectivity index (χ1v) is 16.6. The number of carbonyl (C=O) groups excluding carboxylic acids is 1. The Morgan fingerprint density at radius 2 is 1.74 bits per heavy atom. The number of alkyl halides is 3. The third-order valence-corrected chi connectivity index (χ3v) is 9.85. The summed E-state index contributed by atoms with van der Waals surface area (Å²) >= 11 is 6.59. The van der Waals surface area contributed by atoms with Crippen molar-refractivity contribution in [1.82, 2.24) is 23.9 Å². The van der Waals surface area contributed by atoms with Gasteiger partial charge in [-0.15, -0.1) is 0 Å². The molecule has 2 saturated heterocycles. The third kappa shape index (κ3) is 7.23. The Balaban J connectivity index is 1.15. The van der Waals surface area contributed by atoms with Gasteiger partial charge in [-0.05, 0) is 56.0 Å². The smallest absolute Gasteiger partial charge is 0.407 e. The van der Waals surface area contributed by atoms with Crippen LogP contribution in [0.1, 0.15) is 56.2 Å². The van der Waals surface area contributed by atoms with E-state index in [-0.39, 0.29) is 67.4 Å². The van der Waals surface area contributed by atoms with E-state index in [9.17, 15) is 37.8 Å². The number of hydrogen-bond donors (Lipinski definition) is 2. The molecule has 0 spiro atoms. The second-order valence-electron chi connectivity index (χ2n) is 13.6. The molecular weight excluding hydrogens is 679 g/mol. The lowest BCUT2D eigenvalue weighted by atomic mass is 9.89. The highest BCUT2D eigenvalue weighted by molar-refractivity contribution is 6.31. The number of carbonyl (C=O) groups is 2. The maximum Gasteiger partial charge on any atom is 0.407 e. The fourth-order valence-electron chi connectivity index (χ4n) is 6.79. The Morgan fingerprint density at radius 3 is 2.36 bits per heavy atom. The zero-order valence-electron chi connectivity index (χ0n) is 27.4. The minimum atomic E-state index is -4.60. The van der Waals surface area contributed by atoms with Gasteiger partial charge in [-0.1, -0.05) is 54.1 Å². The molecule has 4 heterocycles. The van der Waals surface area contributed by atoms with Gasteiger partial charge in [0, 0.05) is 25.2 Å². The zero-order chi connectivity index (χ0) is 36.0. The number of likely N-dealkylation sites (tertiary alicyclic amines) is 1. The molecule has 0 radical (unpaired) electrons. The molecule has 50 heavy (non-hydrogen) atoms. The van der Waals surface area contributed by atoms with Crippen molar-refractivity contribution in [2.75, 3.05) is 26.2 Å². The number of carboxylic acid groups (broad SMARTS) is 1. The van der Waals surface area contributed by atoms with Crippen LogP contribution in [-0.4, -0.2) is 89.8 Å². The number of nitrogens with zero attached hydrogens (tertiary/aromatic N) is 5. The largest absolute Gasteiger partial charge is 0.465 e. The molecule has 2 aliphatic heterocycles. The highest BCUT2D eigenvalue weighted by Gasteiger charge is 2.44. The minimum absolute atomic E-state index is 0.0147. The molecule has 0 saturated carbocycles. The summed E-state index contributed by atoms with van der Waals surface area (Å²) in [4.78, 5) is 45.6. The van der Waals surface area contributed by atoms with Crippen LogP contribution >= 0.6 is 11.6 Å². The number of fused-ring (bicyclic) bond motifs is 1. The van der Waals surface area contributed by atoms with Crippen molar-refractivity contribution in [3.8, 4) is 5.69 Å². The number of hydrogen-bond acceptors (Lipinski definition) is 6. The van der Waals surface area contributed by atoms with Crippen LogP contribution in [0, 0.1) is 0 Å². The number of aromatic nitrogens is 3. The summed E-state index contributed by atoms with van der Waals surface area (Å²) in [6, 6.07) is 15.4. The molecule has 11 nitrogen and oxygen atoms in total. The fraction of sp³-hybridized carbons (Fsp3) is 0.429. The molecule has 2 unspecified atom stereocenters. The predicted octanol–water partition coefficient (Wildman–Crippen LogP) is 5.76. The summed E-state index contributed by atoms with van der Waals surface area (Å²) < 4.78 is 50.2. The quantitative estimate of drug-likeness (QED) is 0.249. The monoisotopic (exact) mass is 715 g/mol. The van der Waals surface area contributed by atoms with Gasteiger partial charge in [-0.3, -0.25) is 23.6 Å². The predicted molar refractivity (Wildman–Crippen MR) is 178 cm³/mol. The van der Waals surface area contributed by atoms with Crippen LogP contribution in [0.4, 0.5) is 18.0 Å². The van der Waals surface area contributed by atoms with Gasteiger partial charge in [0.25, 0.3) is 5.56 Å². The third-order valence-electron chi connectivity index (χ3n) is 9.57. The minimum Gasteiger partial charge on any atom is -0.465 e. The summed E-state index contributed by atoms with van der Waals surface area (Å²) in [7, 11) is 0. The molecule has 6 rings (SSSR count). The van der Waals surface area contributed by atoms with E-state index >= 15 is 0 Å². The summed E-state index contributed by atoms with van der Waals surface area (Å²) in [5.74, 6) is -2.59. The topological polar surface area (TPSA) is 130 Å². The van der Waals surface area contributed by atoms with Gasteiger partial charge in [0.2, 0.25) is 5.91 Å². The fourth-order valence-corrected chi connectivity index (χ4v) is 7.07. The molecule has 2 aromatic heterocycles. The zero-order valence-corrected chi connectivity index (χ0v) is 28.2. The standard InChI is InChI=1S/C35H37ClF3N5O6/c1-33(2)19-43(32(47)48)27(18-50-33)23-8-10-24(11-9-23)44-28(36)16-25-30(44)40-21-42(31(25)46)20-34(49)12-14-41(15-13-34)29(45)17-26(35(37,38)39)22-6-4-3-5-7-22/h3-11,16,21,26-27,49H,12-15,17-20H2,1-2H3,(H,47,48). The molecule has 4 aromatic rings. The van der Waals surface area contributed by atoms with Crippen molar-refractivity contribution >= 4 is 34.6 Å². The molecule has 2 aromatic carbocycles. The summed E-state index contributed by atoms with van der Waals surface area (Å²) in [5.41, 5.74) is -0.842. The second-order valence-corrected chi connectivity index (χ2v) is 14.0. The number of amides is 2. The number of piperidine rings is 1. The molecule has 2 aliphatic rings. The first-order valence-electron chi connectivity index (χ1n) is 16.2. The number of benzene rings is 2. The van der Waals surface area contributed by atoms with Gasteiger partial charge in [0.05, 0.1) is 48.2 Å². The molecule has 2 N–H and O–H groups in total. The van der Waals surface area contributed by atoms with Crippen LogP contribution in [0.25, 0.3) is 16.7 Å². The summed E-state index contributed by atoms with van der Waals surface area (Å²) in [6.07, 6.45) is -4.96. The Kier molecular flexibility index (Phi) is 9.48. The van der Waals surface area contributed by atoms with Gasteiger partial charge in [0.1, 0.15) is 11.5 Å². The number of aliphatic hydroxyl groups is 1. The molecule has 0 bridgehead atoms. The normalized spacial score (nSPS) is 19.8. The summed E-state index contributed by atoms with van der Waals surface area (Å²) in [5, 5.41) is 21.6. The molecule has 2 amide bonds. The van der Waals surface area contributed by atoms with E-state index < -0.39 is 53.3 Å². The molecule has 2 fully saturated rings. The lowest BCUT2D eigenvalue weighted by Crippen LogP contribution is -2.51. The van der Waals surface area contributed by atoms with Crippen LogP contribution in [0.15, 0.2) is 71.8 Å². The molecule has 0 aliphatic carbocycles. The van der Waals surface area contributed by atoms with Crippen molar-refractivity contribution in [1.29, 1.82) is 0 Å². The van der Waals surface area contributed by atoms with E-state index in [4.69, 9.17) is 16.3 Å². The van der Waals surface area contributed by atoms with E-state index in [1.54, 1.807) is 34.9 Å². The molecule has 266 valence electrons. The summed E-state index contributed by atoms with van der Waals surface area (Å²) in [6.45, 7) is 4.01. The van der Waals surface area contributed by atoms with Gasteiger partial charge < -0.3 is 19.8 Å². The SMILES string of the molecule is CC1(C)CN(C(=O)O)C(c2ccc(-n3c(Cl)cc4c(=O)n(CC5(O)CCN(C(=O)CC(c6ccccc6)C(F)(F)F)CC5)cnc43)cc2)CO1. The molecule has 15 heteroatoms. The van der Waals surface area contributed by atoms with E-state index in [1.165, 1.54) is 51.0 Å². The molecular formula is C35H37ClF3N5O6. The Morgan fingerprint density at radius 1 is 1.08 bits per heavy atom. The van der Waals surface area contributed by atoms with Crippen molar-refractivity contribution in [2.45, 2.75) is 69.0 Å². The highest BCUT2D eigenvalue weighted by Crippen LogP contribution is 2.38. The van der Waals surface area contributed by atoms with Gasteiger partial charge >= 0.3 is 12.3 Å². The van der Waals surface area contributed by atoms with E-state index in [2.05, 4.69) is 4.98 Å². The van der Waals surface area contributed by atoms with E-state index in [1.807, 2.05) is 13.8 Å². The van der Waals surface area contributed by atoms with Crippen molar-refractivity contribution in [2.24, 2.45) is 0 Å². The van der Waals surface area contributed by atoms with Crippen molar-refractivity contribution < 1.29 is 37.7 Å². The van der Waals surface area contributed by atoms with Gasteiger partial charge in [-0.25, -0.2) is 9.78 Å². The lowest BCUT2D eigenvalue weighted by molar-refractivity contribution is -0.162. The van der Waals surface area contributed by atoms with Crippen LogP contribution < -0.4 is 5.56 Å². The Hall–Kier alpha value is -4.40. The number of morpholine rings is 1. The van der Waals surface area contributed by atoms with Crippen LogP contribution in [0.3, 0.4) is 0 Å². The van der Waals surface area contributed by atoms with Crippen LogP contribution in [-0.2, 0) is 16.1 Å².